The van der Waals surface area contributed by atoms with Gasteiger partial charge in [-0.1, -0.05) is 98.7 Å². The molecule has 3 amide bonds. The minimum Gasteiger partial charge on any atom is -0.435 e. The van der Waals surface area contributed by atoms with Gasteiger partial charge in [-0.25, -0.2) is 0 Å². The molecule has 0 aliphatic heterocycles. The molecule has 0 saturated carbocycles. The number of carbonyl (C=O) groups excluding carboxylic acids is 3. The molecule has 66 heavy (non-hydrogen) atoms. The molecule has 0 aromatic heterocycles. The Labute approximate surface area is 384 Å². The van der Waals surface area contributed by atoms with E-state index >= 15 is 0 Å². The molecule has 3 aromatic rings. The summed E-state index contributed by atoms with van der Waals surface area (Å²) < 4.78 is 86.2. The number of halogens is 6. The second-order valence-corrected chi connectivity index (χ2v) is 19.0. The summed E-state index contributed by atoms with van der Waals surface area (Å²) in [6.45, 7) is 13.2. The monoisotopic (exact) mass is 945 g/mol. The molecule has 372 valence electrons. The Morgan fingerprint density at radius 3 is 0.848 bits per heavy atom. The lowest BCUT2D eigenvalue weighted by molar-refractivity contribution is -0.126. The van der Waals surface area contributed by atoms with Crippen molar-refractivity contribution in [3.63, 3.8) is 0 Å². The van der Waals surface area contributed by atoms with Crippen molar-refractivity contribution in [3.8, 4) is 17.2 Å². The van der Waals surface area contributed by atoms with Crippen LogP contribution in [0, 0.1) is 16.2 Å². The Bertz CT molecular complexity index is 1720. The average molecular weight is 946 g/mol. The van der Waals surface area contributed by atoms with Crippen molar-refractivity contribution < 1.29 is 70.3 Å². The molecule has 0 fully saturated rings. The highest BCUT2D eigenvalue weighted by molar-refractivity contribution is 5.78. The highest BCUT2D eigenvalue weighted by atomic mass is 19.3. The number of hydrogen-bond acceptors (Lipinski definition) is 9. The SMILES string of the molecule is C[C@H](NC(=O)CC(O)C(C)(C)C)c1cccc(OC(F)F)c1.C[C@H](NC(=O)C[C@@H](O)C(C)(C)C)c1cccc(OC(F)F)c1.C[C@H](NC(=O)C[C@H](O)C(C)(C)C)c1cccc(OC(F)F)c1. The summed E-state index contributed by atoms with van der Waals surface area (Å²) >= 11 is 0. The van der Waals surface area contributed by atoms with Gasteiger partial charge in [0.25, 0.3) is 0 Å². The molecule has 3 rings (SSSR count). The van der Waals surface area contributed by atoms with Crippen LogP contribution in [0.4, 0.5) is 26.3 Å². The van der Waals surface area contributed by atoms with Gasteiger partial charge in [-0.05, 0) is 90.1 Å². The van der Waals surface area contributed by atoms with Crippen LogP contribution in [0.15, 0.2) is 72.8 Å². The van der Waals surface area contributed by atoms with E-state index in [1.54, 1.807) is 57.2 Å². The van der Waals surface area contributed by atoms with E-state index in [9.17, 15) is 56.0 Å². The molecule has 6 N–H and O–H groups in total. The van der Waals surface area contributed by atoms with Crippen LogP contribution in [0.1, 0.15) is 137 Å². The number of amides is 3. The van der Waals surface area contributed by atoms with Crippen molar-refractivity contribution in [1.82, 2.24) is 16.0 Å². The number of aliphatic hydroxyl groups is 3. The zero-order chi connectivity index (χ0) is 50.7. The van der Waals surface area contributed by atoms with Gasteiger partial charge in [0.1, 0.15) is 17.2 Å². The molecule has 1 unspecified atom stereocenters. The van der Waals surface area contributed by atoms with E-state index in [0.29, 0.717) is 16.7 Å². The van der Waals surface area contributed by atoms with Crippen molar-refractivity contribution in [3.05, 3.63) is 89.5 Å². The third kappa shape index (κ3) is 23.9. The predicted molar refractivity (Wildman–Crippen MR) is 239 cm³/mol. The van der Waals surface area contributed by atoms with Crippen LogP contribution < -0.4 is 30.2 Å². The van der Waals surface area contributed by atoms with Gasteiger partial charge in [0, 0.05) is 0 Å². The lowest BCUT2D eigenvalue weighted by Gasteiger charge is -2.26. The van der Waals surface area contributed by atoms with Crippen LogP contribution in [0.2, 0.25) is 0 Å². The van der Waals surface area contributed by atoms with Crippen LogP contribution >= 0.6 is 0 Å². The number of alkyl halides is 6. The number of benzene rings is 3. The zero-order valence-electron chi connectivity index (χ0n) is 39.8. The van der Waals surface area contributed by atoms with Gasteiger partial charge in [-0.2, -0.15) is 26.3 Å². The van der Waals surface area contributed by atoms with Gasteiger partial charge in [0.15, 0.2) is 0 Å². The smallest absolute Gasteiger partial charge is 0.387 e. The molecule has 0 aliphatic carbocycles. The van der Waals surface area contributed by atoms with Gasteiger partial charge in [-0.15, -0.1) is 0 Å². The lowest BCUT2D eigenvalue weighted by atomic mass is 9.87. The number of nitrogens with one attached hydrogen (secondary N) is 3. The Kier molecular flexibility index (Phi) is 24.0. The fourth-order valence-electron chi connectivity index (χ4n) is 5.48. The first-order valence-corrected chi connectivity index (χ1v) is 21.3. The Hall–Kier alpha value is -5.07. The van der Waals surface area contributed by atoms with Crippen molar-refractivity contribution >= 4 is 17.7 Å². The van der Waals surface area contributed by atoms with Gasteiger partial charge in [0.05, 0.1) is 55.7 Å². The van der Waals surface area contributed by atoms with E-state index in [2.05, 4.69) is 30.2 Å². The van der Waals surface area contributed by atoms with Crippen LogP contribution in [0.5, 0.6) is 17.2 Å². The van der Waals surface area contributed by atoms with E-state index in [1.807, 2.05) is 62.3 Å². The lowest BCUT2D eigenvalue weighted by Crippen LogP contribution is -2.35. The number of ether oxygens (including phenoxy) is 3. The van der Waals surface area contributed by atoms with E-state index in [-0.39, 0.29) is 88.6 Å². The minimum absolute atomic E-state index is 0.0128. The first-order chi connectivity index (χ1) is 30.3. The summed E-state index contributed by atoms with van der Waals surface area (Å²) in [6, 6.07) is 17.4. The largest absolute Gasteiger partial charge is 0.435 e. The summed E-state index contributed by atoms with van der Waals surface area (Å²) in [5.41, 5.74) is 0.799. The maximum absolute atomic E-state index is 12.2. The summed E-state index contributed by atoms with van der Waals surface area (Å²) in [7, 11) is 0. The summed E-state index contributed by atoms with van der Waals surface area (Å²) in [6.07, 6.45) is -2.31. The van der Waals surface area contributed by atoms with Gasteiger partial charge in [0.2, 0.25) is 17.7 Å². The van der Waals surface area contributed by atoms with E-state index < -0.39 is 38.1 Å². The van der Waals surface area contributed by atoms with Crippen molar-refractivity contribution in [2.24, 2.45) is 16.2 Å². The standard InChI is InChI=1S/3C16H23F2NO3/c3*1-10(19-14(21)9-13(20)16(2,3)4)11-6-5-7-12(8-11)22-15(17)18/h3*5-8,10,13,15,20H,9H2,1-4H3,(H,19,21)/t10-,13?;10-,13+;10-,13-/m000/s1. The third-order valence-corrected chi connectivity index (χ3v) is 10.0. The number of carbonyl (C=O) groups is 3. The van der Waals surface area contributed by atoms with Crippen LogP contribution in [-0.2, 0) is 14.4 Å². The zero-order valence-corrected chi connectivity index (χ0v) is 39.8. The molecule has 0 spiro atoms. The van der Waals surface area contributed by atoms with Gasteiger partial charge in [-0.3, -0.25) is 14.4 Å². The molecule has 18 heteroatoms. The average Bonchev–Trinajstić information content (AvgIpc) is 3.16. The van der Waals surface area contributed by atoms with E-state index in [0.717, 1.165) is 0 Å². The fourth-order valence-corrected chi connectivity index (χ4v) is 5.48. The van der Waals surface area contributed by atoms with Crippen LogP contribution in [0.25, 0.3) is 0 Å². The Balaban J connectivity index is 0.000000495. The molecule has 0 bridgehead atoms. The molecular formula is C48H69F6N3O9. The van der Waals surface area contributed by atoms with Crippen molar-refractivity contribution in [1.29, 1.82) is 0 Å². The molecule has 6 atom stereocenters. The summed E-state index contributed by atoms with van der Waals surface area (Å²) in [5, 5.41) is 38.0. The predicted octanol–water partition coefficient (Wildman–Crippen LogP) is 9.79. The van der Waals surface area contributed by atoms with Crippen molar-refractivity contribution in [2.45, 2.75) is 159 Å². The summed E-state index contributed by atoms with van der Waals surface area (Å²) in [4.78, 5) is 35.8. The molecule has 0 saturated heterocycles. The Morgan fingerprint density at radius 1 is 0.455 bits per heavy atom. The Morgan fingerprint density at radius 2 is 0.667 bits per heavy atom. The van der Waals surface area contributed by atoms with E-state index in [1.165, 1.54) is 36.4 Å². The molecular weight excluding hydrogens is 877 g/mol. The second-order valence-electron chi connectivity index (χ2n) is 19.0. The highest BCUT2D eigenvalue weighted by Gasteiger charge is 2.27. The van der Waals surface area contributed by atoms with Crippen LogP contribution in [-0.4, -0.2) is 71.2 Å². The molecule has 12 nitrogen and oxygen atoms in total. The summed E-state index contributed by atoms with van der Waals surface area (Å²) in [5.74, 6) is -0.754. The van der Waals surface area contributed by atoms with Gasteiger partial charge >= 0.3 is 19.8 Å². The number of aliphatic hydroxyl groups excluding tert-OH is 3. The fraction of sp³-hybridized carbons (Fsp3) is 0.562. The highest BCUT2D eigenvalue weighted by Crippen LogP contribution is 2.27. The maximum Gasteiger partial charge on any atom is 0.387 e. The molecule has 0 radical (unpaired) electrons. The first kappa shape index (κ1) is 58.9. The van der Waals surface area contributed by atoms with Crippen molar-refractivity contribution in [2.75, 3.05) is 0 Å². The normalized spacial score (nSPS) is 14.5. The molecule has 3 aromatic carbocycles. The molecule has 0 aliphatic rings. The first-order valence-electron chi connectivity index (χ1n) is 21.3. The van der Waals surface area contributed by atoms with Gasteiger partial charge < -0.3 is 45.5 Å². The number of rotatable bonds is 18. The van der Waals surface area contributed by atoms with E-state index in [4.69, 9.17) is 0 Å². The quantitative estimate of drug-likeness (QED) is 0.0679. The topological polar surface area (TPSA) is 176 Å². The van der Waals surface area contributed by atoms with Crippen LogP contribution in [0.3, 0.4) is 0 Å². The third-order valence-electron chi connectivity index (χ3n) is 10.0. The minimum atomic E-state index is -2.89. The molecule has 0 heterocycles. The number of hydrogen-bond donors (Lipinski definition) is 6. The second kappa shape index (κ2) is 26.9. The maximum atomic E-state index is 12.2.